The van der Waals surface area contributed by atoms with Crippen molar-refractivity contribution in [2.45, 2.75) is 31.7 Å². The van der Waals surface area contributed by atoms with Crippen LogP contribution >= 0.6 is 0 Å². The number of carbonyl (C=O) groups excluding carboxylic acids is 1. The number of nitrogens with zero attached hydrogens (tertiary/aromatic N) is 7. The Labute approximate surface area is 225 Å². The summed E-state index contributed by atoms with van der Waals surface area (Å²) in [5.41, 5.74) is 3.25. The van der Waals surface area contributed by atoms with Gasteiger partial charge in [0, 0.05) is 25.6 Å². The molecule has 2 saturated heterocycles. The first-order valence-corrected chi connectivity index (χ1v) is 13.3. The molecule has 3 aromatic heterocycles. The molecule has 4 aromatic rings. The minimum absolute atomic E-state index is 0.0426. The zero-order valence-corrected chi connectivity index (χ0v) is 21.5. The maximum absolute atomic E-state index is 13.9. The van der Waals surface area contributed by atoms with E-state index < -0.39 is 0 Å². The molecule has 0 radical (unpaired) electrons. The van der Waals surface area contributed by atoms with E-state index >= 15 is 0 Å². The van der Waals surface area contributed by atoms with Crippen molar-refractivity contribution in [3.8, 4) is 17.5 Å². The second-order valence-electron chi connectivity index (χ2n) is 10.0. The number of halogens is 1. The number of nitriles is 1. The summed E-state index contributed by atoms with van der Waals surface area (Å²) >= 11 is 0. The molecule has 6 rings (SSSR count). The molecule has 2 aliphatic rings. The second-order valence-corrected chi connectivity index (χ2v) is 10.0. The maximum atomic E-state index is 13.9. The molecule has 1 aromatic carbocycles. The number of rotatable bonds is 6. The summed E-state index contributed by atoms with van der Waals surface area (Å²) in [6.45, 7) is 2.32. The second kappa shape index (κ2) is 10.7. The van der Waals surface area contributed by atoms with Crippen LogP contribution in [0.3, 0.4) is 0 Å². The Bertz CT molecular complexity index is 1540. The van der Waals surface area contributed by atoms with Gasteiger partial charge < -0.3 is 15.1 Å². The number of amides is 1. The number of hydrogen-bond acceptors (Lipinski definition) is 7. The number of imidazole rings is 1. The highest BCUT2D eigenvalue weighted by Gasteiger charge is 2.28. The van der Waals surface area contributed by atoms with Gasteiger partial charge in [-0.25, -0.2) is 18.9 Å². The molecule has 1 atom stereocenters. The Morgan fingerprint density at radius 1 is 1.05 bits per heavy atom. The Hall–Kier alpha value is -4.52. The predicted octanol–water partition coefficient (Wildman–Crippen LogP) is 4.13. The van der Waals surface area contributed by atoms with E-state index in [2.05, 4.69) is 20.1 Å². The fourth-order valence-corrected chi connectivity index (χ4v) is 5.68. The number of carbonyl (C=O) groups is 1. The lowest BCUT2D eigenvalue weighted by Gasteiger charge is -2.32. The zero-order valence-electron chi connectivity index (χ0n) is 21.5. The smallest absolute Gasteiger partial charge is 0.224 e. The molecule has 2 fully saturated rings. The van der Waals surface area contributed by atoms with Crippen molar-refractivity contribution in [3.05, 3.63) is 72.2 Å². The maximum Gasteiger partial charge on any atom is 0.224 e. The molecule has 10 heteroatoms. The van der Waals surface area contributed by atoms with E-state index in [0.29, 0.717) is 25.9 Å². The van der Waals surface area contributed by atoms with E-state index in [0.717, 1.165) is 53.6 Å². The van der Waals surface area contributed by atoms with Crippen molar-refractivity contribution >= 4 is 23.2 Å². The van der Waals surface area contributed by atoms with Crippen LogP contribution in [0, 0.1) is 23.1 Å². The lowest BCUT2D eigenvalue weighted by Crippen LogP contribution is -2.41. The van der Waals surface area contributed by atoms with Crippen molar-refractivity contribution < 1.29 is 9.18 Å². The van der Waals surface area contributed by atoms with E-state index in [9.17, 15) is 9.18 Å². The van der Waals surface area contributed by atoms with Gasteiger partial charge in [0.25, 0.3) is 0 Å². The van der Waals surface area contributed by atoms with Crippen LogP contribution in [0.1, 0.15) is 37.3 Å². The summed E-state index contributed by atoms with van der Waals surface area (Å²) in [5.74, 6) is 1.31. The third kappa shape index (κ3) is 5.00. The SMILES string of the molecule is N#CCNC(=O)C1CCN(c2cccc(-c3cnc4ccc(N5CCCC5c5cccc(F)c5)nn34)n2)CC1. The monoisotopic (exact) mass is 524 g/mol. The minimum Gasteiger partial charge on any atom is -0.357 e. The highest BCUT2D eigenvalue weighted by Crippen LogP contribution is 2.36. The minimum atomic E-state index is -0.225. The quantitative estimate of drug-likeness (QED) is 0.379. The van der Waals surface area contributed by atoms with Crippen molar-refractivity contribution in [3.63, 3.8) is 0 Å². The summed E-state index contributed by atoms with van der Waals surface area (Å²) in [7, 11) is 0. The molecule has 1 N–H and O–H groups in total. The molecule has 1 unspecified atom stereocenters. The lowest BCUT2D eigenvalue weighted by atomic mass is 9.96. The van der Waals surface area contributed by atoms with Gasteiger partial charge in [0.1, 0.15) is 29.7 Å². The molecule has 2 aliphatic heterocycles. The lowest BCUT2D eigenvalue weighted by molar-refractivity contribution is -0.125. The van der Waals surface area contributed by atoms with E-state index in [4.69, 9.17) is 15.3 Å². The van der Waals surface area contributed by atoms with Crippen LogP contribution in [0.4, 0.5) is 16.0 Å². The summed E-state index contributed by atoms with van der Waals surface area (Å²) in [4.78, 5) is 26.2. The molecule has 39 heavy (non-hydrogen) atoms. The predicted molar refractivity (Wildman–Crippen MR) is 145 cm³/mol. The van der Waals surface area contributed by atoms with Gasteiger partial charge in [0.15, 0.2) is 5.65 Å². The van der Waals surface area contributed by atoms with Gasteiger partial charge >= 0.3 is 0 Å². The van der Waals surface area contributed by atoms with Gasteiger partial charge in [0.05, 0.1) is 24.0 Å². The number of piperidine rings is 1. The topological polar surface area (TPSA) is 102 Å². The number of hydrogen-bond donors (Lipinski definition) is 1. The van der Waals surface area contributed by atoms with Crippen molar-refractivity contribution in [2.75, 3.05) is 36.0 Å². The van der Waals surface area contributed by atoms with Crippen LogP contribution in [0.5, 0.6) is 0 Å². The van der Waals surface area contributed by atoms with Gasteiger partial charge in [0.2, 0.25) is 5.91 Å². The van der Waals surface area contributed by atoms with Crippen molar-refractivity contribution in [2.24, 2.45) is 5.92 Å². The third-order valence-corrected chi connectivity index (χ3v) is 7.66. The Morgan fingerprint density at radius 3 is 2.72 bits per heavy atom. The number of aromatic nitrogens is 4. The van der Waals surface area contributed by atoms with Gasteiger partial charge in [-0.05, 0) is 67.6 Å². The Morgan fingerprint density at radius 2 is 1.90 bits per heavy atom. The summed E-state index contributed by atoms with van der Waals surface area (Å²) < 4.78 is 15.8. The van der Waals surface area contributed by atoms with Crippen LogP contribution in [-0.4, -0.2) is 51.7 Å². The highest BCUT2D eigenvalue weighted by atomic mass is 19.1. The Kier molecular flexibility index (Phi) is 6.80. The van der Waals surface area contributed by atoms with Gasteiger partial charge in [-0.15, -0.1) is 5.10 Å². The van der Waals surface area contributed by atoms with Crippen LogP contribution in [-0.2, 0) is 4.79 Å². The number of anilines is 2. The van der Waals surface area contributed by atoms with E-state index in [1.165, 1.54) is 6.07 Å². The molecule has 5 heterocycles. The number of fused-ring (bicyclic) bond motifs is 1. The zero-order chi connectivity index (χ0) is 26.8. The summed E-state index contributed by atoms with van der Waals surface area (Å²) in [5, 5.41) is 16.3. The molecule has 0 aliphatic carbocycles. The fourth-order valence-electron chi connectivity index (χ4n) is 5.68. The fraction of sp³-hybridized carbons (Fsp3) is 0.345. The molecule has 1 amide bonds. The van der Waals surface area contributed by atoms with Crippen LogP contribution < -0.4 is 15.1 Å². The van der Waals surface area contributed by atoms with E-state index in [-0.39, 0.29) is 30.2 Å². The van der Waals surface area contributed by atoms with Gasteiger partial charge in [-0.2, -0.15) is 5.26 Å². The largest absolute Gasteiger partial charge is 0.357 e. The standard InChI is InChI=1S/C29H29FN8O/c30-22-5-1-4-21(18-22)24-7-3-15-37(24)28-10-9-26-33-19-25(38(26)35-28)23-6-2-8-27(34-23)36-16-11-20(12-17-36)29(39)32-14-13-31/h1-2,4-6,8-10,18-20,24H,3,7,11-12,14-17H2,(H,32,39). The molecule has 198 valence electrons. The normalized spacial score (nSPS) is 17.9. The first kappa shape index (κ1) is 24.8. The molecular formula is C29H29FN8O. The third-order valence-electron chi connectivity index (χ3n) is 7.66. The average molecular weight is 525 g/mol. The van der Waals surface area contributed by atoms with Gasteiger partial charge in [-0.3, -0.25) is 4.79 Å². The summed E-state index contributed by atoms with van der Waals surface area (Å²) in [6.07, 6.45) is 5.17. The molecular weight excluding hydrogens is 495 g/mol. The van der Waals surface area contributed by atoms with Crippen LogP contribution in [0.25, 0.3) is 17.0 Å². The molecule has 0 spiro atoms. The summed E-state index contributed by atoms with van der Waals surface area (Å²) in [6, 6.07) is 18.7. The molecule has 0 saturated carbocycles. The highest BCUT2D eigenvalue weighted by molar-refractivity contribution is 5.79. The van der Waals surface area contributed by atoms with Gasteiger partial charge in [-0.1, -0.05) is 18.2 Å². The molecule has 0 bridgehead atoms. The Balaban J connectivity index is 1.23. The van der Waals surface area contributed by atoms with E-state index in [1.807, 2.05) is 47.0 Å². The first-order chi connectivity index (χ1) is 19.1. The first-order valence-electron chi connectivity index (χ1n) is 13.3. The van der Waals surface area contributed by atoms with E-state index in [1.54, 1.807) is 18.3 Å². The van der Waals surface area contributed by atoms with Crippen molar-refractivity contribution in [1.29, 1.82) is 5.26 Å². The molecule has 9 nitrogen and oxygen atoms in total. The van der Waals surface area contributed by atoms with Crippen molar-refractivity contribution in [1.82, 2.24) is 24.9 Å². The van der Waals surface area contributed by atoms with Crippen LogP contribution in [0.2, 0.25) is 0 Å². The van der Waals surface area contributed by atoms with Crippen LogP contribution in [0.15, 0.2) is 60.8 Å². The number of nitrogens with one attached hydrogen (secondary N) is 1. The average Bonchev–Trinajstić information content (AvgIpc) is 3.63. The number of pyridine rings is 1. The number of benzene rings is 1.